The molecule has 1 amide bonds. The van der Waals surface area contributed by atoms with Crippen LogP contribution in [0.1, 0.15) is 28.3 Å². The maximum Gasteiger partial charge on any atom is 0.275 e. The van der Waals surface area contributed by atoms with Gasteiger partial charge in [-0.15, -0.1) is 11.3 Å². The fourth-order valence-corrected chi connectivity index (χ4v) is 5.34. The van der Waals surface area contributed by atoms with Gasteiger partial charge in [-0.2, -0.15) is 4.31 Å². The predicted molar refractivity (Wildman–Crippen MR) is 115 cm³/mol. The quantitative estimate of drug-likeness (QED) is 0.577. The number of rotatable bonds is 7. The zero-order valence-corrected chi connectivity index (χ0v) is 18.1. The van der Waals surface area contributed by atoms with Gasteiger partial charge in [0, 0.05) is 24.2 Å². The van der Waals surface area contributed by atoms with E-state index >= 15 is 0 Å². The van der Waals surface area contributed by atoms with E-state index in [0.717, 1.165) is 12.8 Å². The van der Waals surface area contributed by atoms with Gasteiger partial charge < -0.3 is 10.1 Å². The summed E-state index contributed by atoms with van der Waals surface area (Å²) in [5.74, 6) is -0.242. The lowest BCUT2D eigenvalue weighted by Gasteiger charge is -2.15. The van der Waals surface area contributed by atoms with Crippen LogP contribution >= 0.6 is 11.3 Å². The Bertz CT molecular complexity index is 1160. The molecule has 0 atom stereocenters. The van der Waals surface area contributed by atoms with Crippen molar-refractivity contribution >= 4 is 33.0 Å². The number of nitrogens with zero attached hydrogens (tertiary/aromatic N) is 2. The van der Waals surface area contributed by atoms with Gasteiger partial charge in [-0.05, 0) is 61.4 Å². The summed E-state index contributed by atoms with van der Waals surface area (Å²) in [4.78, 5) is 16.9. The van der Waals surface area contributed by atoms with Gasteiger partial charge in [0.1, 0.15) is 28.9 Å². The molecular formula is C21H20FN3O4S2. The molecule has 1 aliphatic heterocycles. The average molecular weight is 462 g/mol. The Labute approximate surface area is 183 Å². The van der Waals surface area contributed by atoms with E-state index in [1.165, 1.54) is 52.0 Å². The summed E-state index contributed by atoms with van der Waals surface area (Å²) in [7, 11) is -3.49. The number of aromatic nitrogens is 1. The van der Waals surface area contributed by atoms with E-state index in [4.69, 9.17) is 4.74 Å². The third-order valence-electron chi connectivity index (χ3n) is 4.78. The average Bonchev–Trinajstić information content (AvgIpc) is 3.46. The Morgan fingerprint density at radius 1 is 1.10 bits per heavy atom. The Hall–Kier alpha value is -2.82. The van der Waals surface area contributed by atoms with E-state index in [-0.39, 0.29) is 23.0 Å². The van der Waals surface area contributed by atoms with Crippen molar-refractivity contribution in [1.82, 2.24) is 9.29 Å². The van der Waals surface area contributed by atoms with Crippen LogP contribution < -0.4 is 10.1 Å². The van der Waals surface area contributed by atoms with Crippen LogP contribution in [-0.2, 0) is 16.6 Å². The highest BCUT2D eigenvalue weighted by molar-refractivity contribution is 7.89. The lowest BCUT2D eigenvalue weighted by atomic mass is 10.3. The Balaban J connectivity index is 1.35. The van der Waals surface area contributed by atoms with Crippen LogP contribution in [0.5, 0.6) is 5.75 Å². The molecule has 162 valence electrons. The van der Waals surface area contributed by atoms with Crippen molar-refractivity contribution in [2.75, 3.05) is 18.4 Å². The third-order valence-corrected chi connectivity index (χ3v) is 7.51. The second kappa shape index (κ2) is 9.13. The zero-order valence-electron chi connectivity index (χ0n) is 16.5. The Kier molecular flexibility index (Phi) is 6.30. The second-order valence-electron chi connectivity index (χ2n) is 6.96. The first-order valence-corrected chi connectivity index (χ1v) is 12.0. The minimum atomic E-state index is -3.49. The maximum atomic E-state index is 12.9. The lowest BCUT2D eigenvalue weighted by molar-refractivity contribution is 0.102. The van der Waals surface area contributed by atoms with Crippen molar-refractivity contribution in [3.63, 3.8) is 0 Å². The molecule has 1 N–H and O–H groups in total. The molecule has 7 nitrogen and oxygen atoms in total. The summed E-state index contributed by atoms with van der Waals surface area (Å²) in [5, 5.41) is 4.93. The van der Waals surface area contributed by atoms with Gasteiger partial charge in [-0.1, -0.05) is 0 Å². The van der Waals surface area contributed by atoms with Gasteiger partial charge in [-0.25, -0.2) is 17.8 Å². The molecule has 0 spiro atoms. The van der Waals surface area contributed by atoms with E-state index in [1.807, 2.05) is 0 Å². The number of carbonyl (C=O) groups excluding carboxylic acids is 1. The monoisotopic (exact) mass is 461 g/mol. The number of amides is 1. The first-order valence-electron chi connectivity index (χ1n) is 9.66. The summed E-state index contributed by atoms with van der Waals surface area (Å²) in [6.45, 7) is 1.24. The summed E-state index contributed by atoms with van der Waals surface area (Å²) in [6.07, 6.45) is 1.75. The van der Waals surface area contributed by atoms with Gasteiger partial charge >= 0.3 is 0 Å². The number of nitrogens with one attached hydrogen (secondary N) is 1. The molecule has 0 saturated carbocycles. The lowest BCUT2D eigenvalue weighted by Crippen LogP contribution is -2.27. The van der Waals surface area contributed by atoms with E-state index in [1.54, 1.807) is 17.5 Å². The Morgan fingerprint density at radius 3 is 2.45 bits per heavy atom. The molecule has 10 heteroatoms. The van der Waals surface area contributed by atoms with Crippen LogP contribution in [-0.4, -0.2) is 36.7 Å². The molecule has 31 heavy (non-hydrogen) atoms. The first kappa shape index (κ1) is 21.4. The highest BCUT2D eigenvalue weighted by Gasteiger charge is 2.27. The second-order valence-corrected chi connectivity index (χ2v) is 9.84. The highest BCUT2D eigenvalue weighted by atomic mass is 32.2. The summed E-state index contributed by atoms with van der Waals surface area (Å²) in [5.41, 5.74) is 0.707. The fraction of sp³-hybridized carbons (Fsp3) is 0.238. The zero-order chi connectivity index (χ0) is 21.8. The van der Waals surface area contributed by atoms with Crippen LogP contribution in [0.4, 0.5) is 10.1 Å². The number of sulfonamides is 1. The number of benzene rings is 2. The number of thiazole rings is 1. The van der Waals surface area contributed by atoms with Crippen molar-refractivity contribution in [3.05, 3.63) is 70.4 Å². The molecule has 2 heterocycles. The number of hydrogen-bond acceptors (Lipinski definition) is 6. The molecule has 2 aromatic carbocycles. The van der Waals surface area contributed by atoms with Crippen molar-refractivity contribution in [2.24, 2.45) is 0 Å². The summed E-state index contributed by atoms with van der Waals surface area (Å²) < 4.78 is 45.1. The molecule has 0 radical (unpaired) electrons. The molecule has 0 aliphatic carbocycles. The number of halogens is 1. The van der Waals surface area contributed by atoms with Gasteiger partial charge in [-0.3, -0.25) is 4.79 Å². The van der Waals surface area contributed by atoms with Crippen LogP contribution in [0, 0.1) is 5.82 Å². The maximum absolute atomic E-state index is 12.9. The van der Waals surface area contributed by atoms with Crippen molar-refractivity contribution in [1.29, 1.82) is 0 Å². The number of anilines is 1. The van der Waals surface area contributed by atoms with Crippen LogP contribution in [0.3, 0.4) is 0 Å². The van der Waals surface area contributed by atoms with E-state index in [2.05, 4.69) is 10.3 Å². The number of ether oxygens (including phenoxy) is 1. The van der Waals surface area contributed by atoms with E-state index in [9.17, 15) is 17.6 Å². The van der Waals surface area contributed by atoms with Crippen molar-refractivity contribution < 1.29 is 22.3 Å². The largest absolute Gasteiger partial charge is 0.486 e. The molecule has 0 bridgehead atoms. The number of carbonyl (C=O) groups is 1. The minimum Gasteiger partial charge on any atom is -0.486 e. The molecule has 3 aromatic rings. The molecule has 1 fully saturated rings. The topological polar surface area (TPSA) is 88.6 Å². The molecule has 1 aromatic heterocycles. The van der Waals surface area contributed by atoms with Gasteiger partial charge in [0.25, 0.3) is 5.91 Å². The standard InChI is InChI=1S/C21H20FN3O4S2/c22-15-3-7-17(8-4-15)29-13-20-24-19(14-30-20)21(26)23-16-5-9-18(10-6-16)31(27,28)25-11-1-2-12-25/h3-10,14H,1-2,11-13H2,(H,23,26). The summed E-state index contributed by atoms with van der Waals surface area (Å²) in [6, 6.07) is 11.7. The van der Waals surface area contributed by atoms with E-state index in [0.29, 0.717) is 29.5 Å². The van der Waals surface area contributed by atoms with Crippen LogP contribution in [0.2, 0.25) is 0 Å². The Morgan fingerprint density at radius 2 is 1.77 bits per heavy atom. The first-order chi connectivity index (χ1) is 14.9. The molecule has 1 saturated heterocycles. The SMILES string of the molecule is O=C(Nc1ccc(S(=O)(=O)N2CCCC2)cc1)c1csc(COc2ccc(F)cc2)n1. The molecule has 0 unspecified atom stereocenters. The minimum absolute atomic E-state index is 0.159. The van der Waals surface area contributed by atoms with Gasteiger partial charge in [0.15, 0.2) is 0 Å². The molecule has 1 aliphatic rings. The number of hydrogen-bond donors (Lipinski definition) is 1. The van der Waals surface area contributed by atoms with E-state index < -0.39 is 15.9 Å². The highest BCUT2D eigenvalue weighted by Crippen LogP contribution is 2.23. The smallest absolute Gasteiger partial charge is 0.275 e. The normalized spacial score (nSPS) is 14.5. The van der Waals surface area contributed by atoms with Crippen LogP contribution in [0.25, 0.3) is 0 Å². The third kappa shape index (κ3) is 5.09. The summed E-state index contributed by atoms with van der Waals surface area (Å²) >= 11 is 1.27. The van der Waals surface area contributed by atoms with Crippen LogP contribution in [0.15, 0.2) is 58.8 Å². The van der Waals surface area contributed by atoms with Gasteiger partial charge in [0.05, 0.1) is 4.90 Å². The van der Waals surface area contributed by atoms with Gasteiger partial charge in [0.2, 0.25) is 10.0 Å². The molecular weight excluding hydrogens is 441 g/mol. The molecule has 4 rings (SSSR count). The van der Waals surface area contributed by atoms with Crippen molar-refractivity contribution in [3.8, 4) is 5.75 Å². The van der Waals surface area contributed by atoms with Crippen molar-refractivity contribution in [2.45, 2.75) is 24.3 Å². The predicted octanol–water partition coefficient (Wildman–Crippen LogP) is 3.90. The fourth-order valence-electron chi connectivity index (χ4n) is 3.14.